The number of carbonyl (C=O) groups is 3. The number of hydrogen-bond donors (Lipinski definition) is 2. The van der Waals surface area contributed by atoms with Crippen LogP contribution in [0, 0.1) is 11.7 Å². The SMILES string of the molecule is O=C(O)c1nn(CC(=O)N2[C@@H]3C[C@@H]3C[C@H]2C(=O)Nc2cccc(OC(F)F)c2F)c2ccccc12. The molecule has 0 spiro atoms. The van der Waals surface area contributed by atoms with Crippen molar-refractivity contribution < 1.29 is 37.4 Å². The van der Waals surface area contributed by atoms with Crippen molar-refractivity contribution in [3.63, 3.8) is 0 Å². The van der Waals surface area contributed by atoms with E-state index < -0.39 is 42.0 Å². The maximum Gasteiger partial charge on any atom is 0.387 e. The molecule has 182 valence electrons. The zero-order valence-electron chi connectivity index (χ0n) is 18.0. The number of anilines is 1. The van der Waals surface area contributed by atoms with Crippen LogP contribution in [0.25, 0.3) is 10.9 Å². The number of para-hydroxylation sites is 1. The van der Waals surface area contributed by atoms with Crippen molar-refractivity contribution in [3.8, 4) is 5.75 Å². The zero-order chi connectivity index (χ0) is 24.9. The lowest BCUT2D eigenvalue weighted by Crippen LogP contribution is -2.46. The Bertz CT molecular complexity index is 1340. The van der Waals surface area contributed by atoms with Gasteiger partial charge in [-0.05, 0) is 37.0 Å². The molecule has 2 N–H and O–H groups in total. The maximum absolute atomic E-state index is 14.5. The van der Waals surface area contributed by atoms with Crippen molar-refractivity contribution in [2.45, 2.75) is 38.1 Å². The number of fused-ring (bicyclic) bond motifs is 2. The van der Waals surface area contributed by atoms with Crippen molar-refractivity contribution in [1.29, 1.82) is 0 Å². The van der Waals surface area contributed by atoms with E-state index in [1.165, 1.54) is 21.7 Å². The van der Waals surface area contributed by atoms with Gasteiger partial charge in [0, 0.05) is 11.4 Å². The second-order valence-electron chi connectivity index (χ2n) is 8.43. The second-order valence-corrected chi connectivity index (χ2v) is 8.43. The summed E-state index contributed by atoms with van der Waals surface area (Å²) < 4.78 is 44.9. The number of halogens is 3. The van der Waals surface area contributed by atoms with Gasteiger partial charge in [-0.1, -0.05) is 24.3 Å². The van der Waals surface area contributed by atoms with Gasteiger partial charge in [0.2, 0.25) is 11.8 Å². The number of amides is 2. The minimum Gasteiger partial charge on any atom is -0.476 e. The Labute approximate surface area is 196 Å². The fourth-order valence-corrected chi connectivity index (χ4v) is 4.68. The fraction of sp³-hybridized carbons (Fsp3) is 0.304. The van der Waals surface area contributed by atoms with Gasteiger partial charge < -0.3 is 20.1 Å². The van der Waals surface area contributed by atoms with Crippen LogP contribution >= 0.6 is 0 Å². The van der Waals surface area contributed by atoms with Crippen molar-refractivity contribution in [3.05, 3.63) is 54.0 Å². The van der Waals surface area contributed by atoms with E-state index in [2.05, 4.69) is 15.2 Å². The Morgan fingerprint density at radius 3 is 2.66 bits per heavy atom. The maximum atomic E-state index is 14.5. The van der Waals surface area contributed by atoms with Gasteiger partial charge in [0.1, 0.15) is 12.6 Å². The van der Waals surface area contributed by atoms with Crippen LogP contribution in [0.1, 0.15) is 23.3 Å². The van der Waals surface area contributed by atoms with Crippen LogP contribution in [0.15, 0.2) is 42.5 Å². The predicted molar refractivity (Wildman–Crippen MR) is 116 cm³/mol. The number of aromatic nitrogens is 2. The quantitative estimate of drug-likeness (QED) is 0.529. The first-order valence-electron chi connectivity index (χ1n) is 10.8. The summed E-state index contributed by atoms with van der Waals surface area (Å²) in [4.78, 5) is 39.2. The van der Waals surface area contributed by atoms with Gasteiger partial charge in [0.15, 0.2) is 17.3 Å². The van der Waals surface area contributed by atoms with E-state index in [-0.39, 0.29) is 29.9 Å². The lowest BCUT2D eigenvalue weighted by Gasteiger charge is -2.27. The number of nitrogens with zero attached hydrogens (tertiary/aromatic N) is 3. The van der Waals surface area contributed by atoms with Gasteiger partial charge >= 0.3 is 12.6 Å². The molecule has 0 radical (unpaired) electrons. The molecule has 2 fully saturated rings. The molecule has 3 atom stereocenters. The summed E-state index contributed by atoms with van der Waals surface area (Å²) in [6, 6.07) is 9.02. The molecule has 0 bridgehead atoms. The molecule has 3 aromatic rings. The summed E-state index contributed by atoms with van der Waals surface area (Å²) in [5.74, 6) is -4.05. The smallest absolute Gasteiger partial charge is 0.387 e. The number of ether oxygens (including phenoxy) is 1. The van der Waals surface area contributed by atoms with Crippen LogP contribution in [0.4, 0.5) is 18.9 Å². The first kappa shape index (κ1) is 22.7. The number of aromatic carboxylic acids is 1. The van der Waals surface area contributed by atoms with E-state index in [1.807, 2.05) is 0 Å². The summed E-state index contributed by atoms with van der Waals surface area (Å²) in [6.07, 6.45) is 1.10. The molecule has 1 aromatic heterocycles. The molecule has 1 aliphatic heterocycles. The summed E-state index contributed by atoms with van der Waals surface area (Å²) in [6.45, 7) is -3.52. The first-order valence-corrected chi connectivity index (χ1v) is 10.8. The number of carboxylic acids is 1. The molecule has 2 aromatic carbocycles. The third-order valence-corrected chi connectivity index (χ3v) is 6.28. The molecule has 2 heterocycles. The van der Waals surface area contributed by atoms with Crippen molar-refractivity contribution in [2.75, 3.05) is 5.32 Å². The first-order chi connectivity index (χ1) is 16.7. The molecule has 2 amide bonds. The number of carboxylic acid groups (broad SMARTS) is 1. The molecule has 1 saturated carbocycles. The van der Waals surface area contributed by atoms with E-state index in [0.717, 1.165) is 12.5 Å². The Hall–Kier alpha value is -4.09. The van der Waals surface area contributed by atoms with Crippen LogP contribution in [0.5, 0.6) is 5.75 Å². The number of hydrogen-bond acceptors (Lipinski definition) is 5. The number of rotatable bonds is 7. The minimum atomic E-state index is -3.23. The van der Waals surface area contributed by atoms with Gasteiger partial charge in [0.25, 0.3) is 0 Å². The Balaban J connectivity index is 1.36. The third-order valence-electron chi connectivity index (χ3n) is 6.28. The number of alkyl halides is 2. The molecular formula is C23H19F3N4O5. The monoisotopic (exact) mass is 488 g/mol. The average Bonchev–Trinajstić information content (AvgIpc) is 3.31. The summed E-state index contributed by atoms with van der Waals surface area (Å²) in [7, 11) is 0. The molecular weight excluding hydrogens is 469 g/mol. The van der Waals surface area contributed by atoms with Crippen LogP contribution in [0.2, 0.25) is 0 Å². The Morgan fingerprint density at radius 2 is 1.91 bits per heavy atom. The molecule has 1 saturated heterocycles. The molecule has 1 aliphatic carbocycles. The third kappa shape index (κ3) is 4.15. The van der Waals surface area contributed by atoms with Gasteiger partial charge in [-0.3, -0.25) is 14.3 Å². The molecule has 5 rings (SSSR count). The molecule has 2 aliphatic rings. The summed E-state index contributed by atoms with van der Waals surface area (Å²) >= 11 is 0. The second kappa shape index (κ2) is 8.60. The van der Waals surface area contributed by atoms with Gasteiger partial charge in [-0.25, -0.2) is 9.18 Å². The summed E-state index contributed by atoms with van der Waals surface area (Å²) in [5.41, 5.74) is -0.0659. The molecule has 12 heteroatoms. The number of benzene rings is 2. The zero-order valence-corrected chi connectivity index (χ0v) is 18.0. The average molecular weight is 488 g/mol. The number of piperidine rings is 1. The predicted octanol–water partition coefficient (Wildman–Crippen LogP) is 3.10. The highest BCUT2D eigenvalue weighted by atomic mass is 19.3. The van der Waals surface area contributed by atoms with E-state index in [4.69, 9.17) is 0 Å². The van der Waals surface area contributed by atoms with Crippen molar-refractivity contribution in [2.24, 2.45) is 5.92 Å². The van der Waals surface area contributed by atoms with Crippen LogP contribution < -0.4 is 10.1 Å². The van der Waals surface area contributed by atoms with Crippen LogP contribution in [0.3, 0.4) is 0 Å². The highest BCUT2D eigenvalue weighted by Crippen LogP contribution is 2.48. The van der Waals surface area contributed by atoms with Gasteiger partial charge in [0.05, 0.1) is 11.2 Å². The topological polar surface area (TPSA) is 114 Å². The molecule has 35 heavy (non-hydrogen) atoms. The van der Waals surface area contributed by atoms with Crippen LogP contribution in [-0.4, -0.2) is 56.3 Å². The molecule has 9 nitrogen and oxygen atoms in total. The van der Waals surface area contributed by atoms with E-state index >= 15 is 0 Å². The normalized spacial score (nSPS) is 20.7. The largest absolute Gasteiger partial charge is 0.476 e. The highest BCUT2D eigenvalue weighted by molar-refractivity contribution is 6.02. The minimum absolute atomic E-state index is 0.122. The lowest BCUT2D eigenvalue weighted by molar-refractivity contribution is -0.138. The number of nitrogens with one attached hydrogen (secondary N) is 1. The van der Waals surface area contributed by atoms with Crippen molar-refractivity contribution in [1.82, 2.24) is 14.7 Å². The lowest BCUT2D eigenvalue weighted by atomic mass is 10.1. The fourth-order valence-electron chi connectivity index (χ4n) is 4.68. The summed E-state index contributed by atoms with van der Waals surface area (Å²) in [5, 5.41) is 16.3. The van der Waals surface area contributed by atoms with Crippen LogP contribution in [-0.2, 0) is 16.1 Å². The van der Waals surface area contributed by atoms with Gasteiger partial charge in [-0.15, -0.1) is 0 Å². The van der Waals surface area contributed by atoms with E-state index in [0.29, 0.717) is 17.3 Å². The van der Waals surface area contributed by atoms with E-state index in [1.54, 1.807) is 24.3 Å². The van der Waals surface area contributed by atoms with Crippen molar-refractivity contribution >= 4 is 34.4 Å². The Morgan fingerprint density at radius 1 is 1.14 bits per heavy atom. The number of likely N-dealkylation sites (tertiary alicyclic amines) is 1. The standard InChI is InChI=1S/C23H19F3N4O5/c24-19-13(5-3-7-17(19)35-23(25)26)27-21(32)16-9-11-8-15(11)30(16)18(31)10-29-14-6-2-1-4-12(14)20(28-29)22(33)34/h1-7,11,15-16,23H,8-10H2,(H,27,32)(H,33,34)/t11-,15-,16+/m1/s1. The Kier molecular flexibility index (Phi) is 5.58. The van der Waals surface area contributed by atoms with Gasteiger partial charge in [-0.2, -0.15) is 13.9 Å². The number of carbonyl (C=O) groups excluding carboxylic acids is 2. The van der Waals surface area contributed by atoms with E-state index in [9.17, 15) is 32.7 Å². The highest BCUT2D eigenvalue weighted by Gasteiger charge is 2.56. The molecule has 0 unspecified atom stereocenters.